The smallest absolute Gasteiger partial charge is 0.325 e. The summed E-state index contributed by atoms with van der Waals surface area (Å²) < 4.78 is 6.66. The Kier molecular flexibility index (Phi) is 8.68. The maximum Gasteiger partial charge on any atom is 0.325 e. The lowest BCUT2D eigenvalue weighted by Crippen LogP contribution is -2.52. The van der Waals surface area contributed by atoms with Gasteiger partial charge in [0, 0.05) is 37.7 Å². The van der Waals surface area contributed by atoms with Crippen LogP contribution in [-0.2, 0) is 26.4 Å². The Labute approximate surface area is 240 Å². The van der Waals surface area contributed by atoms with Crippen molar-refractivity contribution in [3.05, 3.63) is 137 Å². The minimum absolute atomic E-state index is 0.0812. The molecule has 1 aromatic heterocycles. The Hall–Kier alpha value is -3.87. The van der Waals surface area contributed by atoms with Crippen LogP contribution < -0.4 is 0 Å². The maximum absolute atomic E-state index is 12.3. The zero-order chi connectivity index (χ0) is 28.0. The maximum atomic E-state index is 12.3. The summed E-state index contributed by atoms with van der Waals surface area (Å²) in [7, 11) is 1.40. The summed E-state index contributed by atoms with van der Waals surface area (Å²) in [6.07, 6.45) is 6.87. The first-order chi connectivity index (χ1) is 19.5. The molecule has 5 nitrogen and oxygen atoms in total. The predicted octanol–water partition coefficient (Wildman–Crippen LogP) is 6.39. The van der Waals surface area contributed by atoms with Gasteiger partial charge >= 0.3 is 5.97 Å². The molecule has 0 amide bonds. The Morgan fingerprint density at radius 3 is 1.95 bits per heavy atom. The molecule has 1 saturated heterocycles. The van der Waals surface area contributed by atoms with Gasteiger partial charge in [0.25, 0.3) is 0 Å². The first-order valence-electron chi connectivity index (χ1n) is 13.5. The molecule has 6 heteroatoms. The number of thioether (sulfide) groups is 1. The highest BCUT2D eigenvalue weighted by Gasteiger charge is 2.44. The van der Waals surface area contributed by atoms with Crippen LogP contribution in [0.5, 0.6) is 0 Å². The number of esters is 1. The number of benzene rings is 3. The summed E-state index contributed by atoms with van der Waals surface area (Å²) in [5, 5.41) is 0.200. The van der Waals surface area contributed by atoms with Crippen LogP contribution in [0.2, 0.25) is 0 Å². The average molecular weight is 551 g/mol. The zero-order valence-corrected chi connectivity index (χ0v) is 23.7. The van der Waals surface area contributed by atoms with E-state index in [0.29, 0.717) is 6.54 Å². The number of carbonyl (C=O) groups excluding carboxylic acids is 2. The van der Waals surface area contributed by atoms with Gasteiger partial charge in [-0.1, -0.05) is 109 Å². The molecule has 4 aromatic rings. The zero-order valence-electron chi connectivity index (χ0n) is 22.9. The largest absolute Gasteiger partial charge is 0.468 e. The second-order valence-corrected chi connectivity index (χ2v) is 11.4. The van der Waals surface area contributed by atoms with Gasteiger partial charge in [-0.2, -0.15) is 0 Å². The number of methoxy groups -OCH3 is 1. The molecule has 1 aliphatic heterocycles. The molecule has 1 fully saturated rings. The summed E-state index contributed by atoms with van der Waals surface area (Å²) in [4.78, 5) is 26.6. The lowest BCUT2D eigenvalue weighted by molar-refractivity contribution is -0.141. The van der Waals surface area contributed by atoms with Crippen LogP contribution in [0.15, 0.2) is 115 Å². The number of hydrogen-bond acceptors (Lipinski definition) is 5. The van der Waals surface area contributed by atoms with Gasteiger partial charge in [0.15, 0.2) is 5.12 Å². The minimum atomic E-state index is -0.522. The SMILES string of the molecule is COC(=O)Cn1ccc(C=C2CN(C(c3ccccc3)(c3ccccc3)c3ccccc3)CCC2SC(C)=O)c1. The Bertz CT molecular complexity index is 1370. The van der Waals surface area contributed by atoms with Crippen molar-refractivity contribution >= 4 is 28.9 Å². The molecule has 0 radical (unpaired) electrons. The molecular weight excluding hydrogens is 516 g/mol. The van der Waals surface area contributed by atoms with E-state index in [1.54, 1.807) is 6.92 Å². The van der Waals surface area contributed by atoms with Gasteiger partial charge in [-0.05, 0) is 40.3 Å². The fourth-order valence-electron chi connectivity index (χ4n) is 5.78. The Balaban J connectivity index is 1.63. The molecule has 3 aromatic carbocycles. The topological polar surface area (TPSA) is 51.5 Å². The number of likely N-dealkylation sites (tertiary alicyclic amines) is 1. The van der Waals surface area contributed by atoms with E-state index >= 15 is 0 Å². The standard InChI is InChI=1S/C34H34N2O3S/c1-26(37)40-32-19-21-36(24-28(32)22-27-18-20-35(23-27)25-33(38)39-2)34(29-12-6-3-7-13-29,30-14-8-4-9-15-30)31-16-10-5-11-17-31/h3-18,20,22-23,32H,19,21,24-25H2,1-2H3. The highest BCUT2D eigenvalue weighted by atomic mass is 32.2. The van der Waals surface area contributed by atoms with Gasteiger partial charge < -0.3 is 9.30 Å². The summed E-state index contributed by atoms with van der Waals surface area (Å²) in [5.41, 5.74) is 5.27. The molecule has 204 valence electrons. The van der Waals surface area contributed by atoms with Crippen LogP contribution in [0.25, 0.3) is 6.08 Å². The second kappa shape index (κ2) is 12.5. The van der Waals surface area contributed by atoms with Crippen LogP contribution in [0.3, 0.4) is 0 Å². The molecule has 0 aliphatic carbocycles. The van der Waals surface area contributed by atoms with Crippen molar-refractivity contribution in [3.63, 3.8) is 0 Å². The van der Waals surface area contributed by atoms with Crippen LogP contribution in [0, 0.1) is 0 Å². The van der Waals surface area contributed by atoms with Crippen LogP contribution >= 0.6 is 11.8 Å². The van der Waals surface area contributed by atoms with Gasteiger partial charge in [-0.15, -0.1) is 0 Å². The third kappa shape index (κ3) is 5.83. The Morgan fingerprint density at radius 2 is 1.45 bits per heavy atom. The molecule has 1 aliphatic rings. The van der Waals surface area contributed by atoms with Crippen molar-refractivity contribution in [1.29, 1.82) is 0 Å². The fraction of sp³-hybridized carbons (Fsp3) is 0.235. The molecule has 0 N–H and O–H groups in total. The van der Waals surface area contributed by atoms with Gasteiger partial charge in [-0.3, -0.25) is 14.5 Å². The van der Waals surface area contributed by atoms with Crippen molar-refractivity contribution in [1.82, 2.24) is 9.47 Å². The van der Waals surface area contributed by atoms with Crippen molar-refractivity contribution in [2.45, 2.75) is 30.7 Å². The van der Waals surface area contributed by atoms with Gasteiger partial charge in [0.1, 0.15) is 6.54 Å². The molecule has 40 heavy (non-hydrogen) atoms. The highest BCUT2D eigenvalue weighted by molar-refractivity contribution is 8.14. The normalized spacial score (nSPS) is 17.1. The van der Waals surface area contributed by atoms with Crippen LogP contribution in [-0.4, -0.2) is 46.0 Å². The van der Waals surface area contributed by atoms with Crippen molar-refractivity contribution in [3.8, 4) is 0 Å². The Morgan fingerprint density at radius 1 is 0.900 bits per heavy atom. The van der Waals surface area contributed by atoms with Gasteiger partial charge in [0.05, 0.1) is 12.6 Å². The number of piperidine rings is 1. The highest BCUT2D eigenvalue weighted by Crippen LogP contribution is 2.45. The second-order valence-electron chi connectivity index (χ2n) is 10.0. The summed E-state index contributed by atoms with van der Waals surface area (Å²) in [6.45, 7) is 3.32. The third-order valence-corrected chi connectivity index (χ3v) is 8.63. The third-order valence-electron chi connectivity index (χ3n) is 7.47. The van der Waals surface area contributed by atoms with E-state index in [2.05, 4.69) is 102 Å². The first-order valence-corrected chi connectivity index (χ1v) is 14.4. The molecule has 5 rings (SSSR count). The number of nitrogens with zero attached hydrogens (tertiary/aromatic N) is 2. The number of ether oxygens (including phenoxy) is 1. The van der Waals surface area contributed by atoms with Gasteiger partial charge in [0.2, 0.25) is 0 Å². The lowest BCUT2D eigenvalue weighted by atomic mass is 9.74. The lowest BCUT2D eigenvalue weighted by Gasteiger charge is -2.49. The fourth-order valence-corrected chi connectivity index (χ4v) is 6.69. The molecule has 1 atom stereocenters. The number of hydrogen-bond donors (Lipinski definition) is 0. The average Bonchev–Trinajstić information content (AvgIpc) is 3.42. The molecular formula is C34H34N2O3S. The number of rotatable bonds is 8. The molecule has 1 unspecified atom stereocenters. The van der Waals surface area contributed by atoms with Crippen molar-refractivity contribution in [2.24, 2.45) is 0 Å². The van der Waals surface area contributed by atoms with E-state index in [4.69, 9.17) is 4.74 Å². The van der Waals surface area contributed by atoms with Crippen LogP contribution in [0.4, 0.5) is 0 Å². The summed E-state index contributed by atoms with van der Waals surface area (Å²) >= 11 is 1.41. The van der Waals surface area contributed by atoms with Crippen LogP contribution in [0.1, 0.15) is 35.6 Å². The monoisotopic (exact) mass is 550 g/mol. The van der Waals surface area contributed by atoms with Crippen molar-refractivity contribution in [2.75, 3.05) is 20.2 Å². The molecule has 2 heterocycles. The minimum Gasteiger partial charge on any atom is -0.468 e. The summed E-state index contributed by atoms with van der Waals surface area (Å²) in [6, 6.07) is 34.1. The summed E-state index contributed by atoms with van der Waals surface area (Å²) in [5.74, 6) is -0.290. The van der Waals surface area contributed by atoms with E-state index in [1.165, 1.54) is 41.1 Å². The number of carbonyl (C=O) groups is 2. The van der Waals surface area contributed by atoms with Gasteiger partial charge in [-0.25, -0.2) is 0 Å². The molecule has 0 spiro atoms. The van der Waals surface area contributed by atoms with Crippen molar-refractivity contribution < 1.29 is 14.3 Å². The number of aromatic nitrogens is 1. The van der Waals surface area contributed by atoms with E-state index in [9.17, 15) is 9.59 Å². The van der Waals surface area contributed by atoms with E-state index < -0.39 is 5.54 Å². The first kappa shape index (κ1) is 27.7. The van der Waals surface area contributed by atoms with E-state index in [1.807, 2.05) is 23.0 Å². The molecule has 0 saturated carbocycles. The quantitative estimate of drug-likeness (QED) is 0.188. The van der Waals surface area contributed by atoms with E-state index in [-0.39, 0.29) is 22.9 Å². The predicted molar refractivity (Wildman–Crippen MR) is 162 cm³/mol. The molecule has 0 bridgehead atoms. The van der Waals surface area contributed by atoms with E-state index in [0.717, 1.165) is 18.5 Å².